The molecule has 0 amide bonds. The normalized spacial score (nSPS) is 16.2. The second-order valence-electron chi connectivity index (χ2n) is 4.47. The Bertz CT molecular complexity index is 543. The molecule has 1 aromatic heterocycles. The number of aromatic nitrogens is 1. The fraction of sp³-hybridized carbons (Fsp3) is 0.455. The highest BCUT2D eigenvalue weighted by Gasteiger charge is 2.39. The molecule has 19 heavy (non-hydrogen) atoms. The number of carbonyl (C=O) groups is 1. The van der Waals surface area contributed by atoms with Gasteiger partial charge in [0.2, 0.25) is 0 Å². The first-order chi connectivity index (χ1) is 8.71. The predicted molar refractivity (Wildman–Crippen MR) is 60.6 cm³/mol. The van der Waals surface area contributed by atoms with Crippen molar-refractivity contribution in [2.24, 2.45) is 0 Å². The van der Waals surface area contributed by atoms with Crippen LogP contribution in [-0.2, 0) is 19.1 Å². The SMILES string of the molecule is CN1CCc2c(nc(C(F)(F)F)c(N)c2C(=O)O)C1. The highest BCUT2D eigenvalue weighted by atomic mass is 19.4. The summed E-state index contributed by atoms with van der Waals surface area (Å²) in [5, 5.41) is 9.09. The zero-order chi connectivity index (χ0) is 14.4. The maximum Gasteiger partial charge on any atom is 0.435 e. The van der Waals surface area contributed by atoms with E-state index in [0.717, 1.165) is 0 Å². The lowest BCUT2D eigenvalue weighted by Gasteiger charge is -2.27. The van der Waals surface area contributed by atoms with Crippen molar-refractivity contribution in [3.63, 3.8) is 0 Å². The third-order valence-corrected chi connectivity index (χ3v) is 3.07. The van der Waals surface area contributed by atoms with Crippen LogP contribution >= 0.6 is 0 Å². The van der Waals surface area contributed by atoms with Crippen LogP contribution in [0, 0.1) is 0 Å². The second-order valence-corrected chi connectivity index (χ2v) is 4.47. The van der Waals surface area contributed by atoms with Gasteiger partial charge in [0.15, 0.2) is 5.69 Å². The molecule has 1 aromatic rings. The van der Waals surface area contributed by atoms with E-state index in [-0.39, 0.29) is 12.2 Å². The van der Waals surface area contributed by atoms with E-state index >= 15 is 0 Å². The number of nitrogens with two attached hydrogens (primary N) is 1. The summed E-state index contributed by atoms with van der Waals surface area (Å²) in [6.45, 7) is 0.735. The molecular weight excluding hydrogens is 263 g/mol. The first-order valence-electron chi connectivity index (χ1n) is 5.52. The molecular formula is C11H12F3N3O2. The molecule has 2 rings (SSSR count). The molecule has 1 aliphatic rings. The van der Waals surface area contributed by atoms with E-state index in [1.165, 1.54) is 0 Å². The molecule has 3 N–H and O–H groups in total. The summed E-state index contributed by atoms with van der Waals surface area (Å²) in [5.74, 6) is -1.45. The van der Waals surface area contributed by atoms with Gasteiger partial charge in [-0.3, -0.25) is 0 Å². The molecule has 0 saturated heterocycles. The van der Waals surface area contributed by atoms with Crippen molar-refractivity contribution in [1.29, 1.82) is 0 Å². The van der Waals surface area contributed by atoms with Crippen LogP contribution in [0.5, 0.6) is 0 Å². The monoisotopic (exact) mass is 275 g/mol. The summed E-state index contributed by atoms with van der Waals surface area (Å²) >= 11 is 0. The average molecular weight is 275 g/mol. The minimum absolute atomic E-state index is 0.132. The predicted octanol–water partition coefficient (Wildman–Crippen LogP) is 1.37. The summed E-state index contributed by atoms with van der Waals surface area (Å²) in [5.41, 5.74) is 3.20. The highest BCUT2D eigenvalue weighted by molar-refractivity contribution is 5.96. The number of alkyl halides is 3. The van der Waals surface area contributed by atoms with E-state index < -0.39 is 29.1 Å². The van der Waals surface area contributed by atoms with Crippen molar-refractivity contribution in [2.45, 2.75) is 19.1 Å². The van der Waals surface area contributed by atoms with Crippen molar-refractivity contribution in [2.75, 3.05) is 19.3 Å². The molecule has 0 spiro atoms. The van der Waals surface area contributed by atoms with Gasteiger partial charge in [0.1, 0.15) is 0 Å². The number of pyridine rings is 1. The van der Waals surface area contributed by atoms with Crippen molar-refractivity contribution < 1.29 is 23.1 Å². The van der Waals surface area contributed by atoms with Gasteiger partial charge in [-0.05, 0) is 19.0 Å². The summed E-state index contributed by atoms with van der Waals surface area (Å²) in [6, 6.07) is 0. The average Bonchev–Trinajstić information content (AvgIpc) is 2.26. The fourth-order valence-electron chi connectivity index (χ4n) is 2.19. The molecule has 5 nitrogen and oxygen atoms in total. The number of nitrogen functional groups attached to an aromatic ring is 1. The maximum atomic E-state index is 12.8. The first-order valence-corrected chi connectivity index (χ1v) is 5.52. The second kappa shape index (κ2) is 4.37. The van der Waals surface area contributed by atoms with Crippen LogP contribution in [0.25, 0.3) is 0 Å². The number of carboxylic acids is 1. The highest BCUT2D eigenvalue weighted by Crippen LogP contribution is 2.36. The van der Waals surface area contributed by atoms with E-state index in [4.69, 9.17) is 10.8 Å². The number of anilines is 1. The summed E-state index contributed by atoms with van der Waals surface area (Å²) in [4.78, 5) is 16.5. The third-order valence-electron chi connectivity index (χ3n) is 3.07. The Morgan fingerprint density at radius 1 is 1.47 bits per heavy atom. The molecule has 0 radical (unpaired) electrons. The Balaban J connectivity index is 2.71. The van der Waals surface area contributed by atoms with Crippen molar-refractivity contribution in [3.8, 4) is 0 Å². The lowest BCUT2D eigenvalue weighted by Crippen LogP contribution is -2.31. The quantitative estimate of drug-likeness (QED) is 0.809. The smallest absolute Gasteiger partial charge is 0.435 e. The number of likely N-dealkylation sites (N-methyl/N-ethyl adjacent to an activating group) is 1. The molecule has 1 aliphatic heterocycles. The molecule has 0 bridgehead atoms. The van der Waals surface area contributed by atoms with E-state index in [2.05, 4.69) is 4.98 Å². The van der Waals surface area contributed by atoms with Crippen molar-refractivity contribution >= 4 is 11.7 Å². The molecule has 0 aliphatic carbocycles. The Morgan fingerprint density at radius 2 is 2.11 bits per heavy atom. The molecule has 8 heteroatoms. The fourth-order valence-corrected chi connectivity index (χ4v) is 2.19. The van der Waals surface area contributed by atoms with Gasteiger partial charge >= 0.3 is 12.1 Å². The van der Waals surface area contributed by atoms with Gasteiger partial charge in [-0.2, -0.15) is 13.2 Å². The van der Waals surface area contributed by atoms with Gasteiger partial charge in [-0.25, -0.2) is 9.78 Å². The van der Waals surface area contributed by atoms with Crippen molar-refractivity contribution in [3.05, 3.63) is 22.5 Å². The number of rotatable bonds is 1. The lowest BCUT2D eigenvalue weighted by molar-refractivity contribution is -0.140. The van der Waals surface area contributed by atoms with Crippen LogP contribution in [0.15, 0.2) is 0 Å². The largest absolute Gasteiger partial charge is 0.478 e. The standard InChI is InChI=1S/C11H12F3N3O2/c1-17-3-2-5-6(4-17)16-9(11(12,13)14)8(15)7(5)10(18)19/h2-4,15H2,1H3,(H,18,19). The zero-order valence-electron chi connectivity index (χ0n) is 10.1. The van der Waals surface area contributed by atoms with Crippen LogP contribution in [0.1, 0.15) is 27.3 Å². The van der Waals surface area contributed by atoms with Gasteiger partial charge in [0.25, 0.3) is 0 Å². The number of aromatic carboxylic acids is 1. The van der Waals surface area contributed by atoms with E-state index in [1.54, 1.807) is 11.9 Å². The van der Waals surface area contributed by atoms with Gasteiger partial charge in [-0.15, -0.1) is 0 Å². The summed E-state index contributed by atoms with van der Waals surface area (Å²) in [7, 11) is 1.73. The van der Waals surface area contributed by atoms with Gasteiger partial charge in [0.05, 0.1) is 16.9 Å². The Hall–Kier alpha value is -1.83. The van der Waals surface area contributed by atoms with Crippen LogP contribution in [0.3, 0.4) is 0 Å². The van der Waals surface area contributed by atoms with Crippen LogP contribution in [0.4, 0.5) is 18.9 Å². The molecule has 0 unspecified atom stereocenters. The molecule has 2 heterocycles. The van der Waals surface area contributed by atoms with Gasteiger partial charge in [0, 0.05) is 13.1 Å². The van der Waals surface area contributed by atoms with Gasteiger partial charge in [-0.1, -0.05) is 0 Å². The minimum Gasteiger partial charge on any atom is -0.478 e. The Kier molecular flexibility index (Phi) is 3.13. The molecule has 0 aromatic carbocycles. The van der Waals surface area contributed by atoms with E-state index in [1.807, 2.05) is 0 Å². The number of fused-ring (bicyclic) bond motifs is 1. The zero-order valence-corrected chi connectivity index (χ0v) is 10.1. The maximum absolute atomic E-state index is 12.8. The molecule has 0 saturated carbocycles. The number of carboxylic acid groups (broad SMARTS) is 1. The molecule has 0 atom stereocenters. The van der Waals surface area contributed by atoms with Crippen LogP contribution in [-0.4, -0.2) is 34.6 Å². The van der Waals surface area contributed by atoms with Crippen molar-refractivity contribution in [1.82, 2.24) is 9.88 Å². The molecule has 0 fully saturated rings. The number of hydrogen-bond donors (Lipinski definition) is 2. The third kappa shape index (κ3) is 2.35. The molecule has 104 valence electrons. The summed E-state index contributed by atoms with van der Waals surface area (Å²) < 4.78 is 38.4. The topological polar surface area (TPSA) is 79.5 Å². The first kappa shape index (κ1) is 13.6. The number of hydrogen-bond acceptors (Lipinski definition) is 4. The lowest BCUT2D eigenvalue weighted by atomic mass is 9.96. The van der Waals surface area contributed by atoms with E-state index in [9.17, 15) is 18.0 Å². The van der Waals surface area contributed by atoms with Gasteiger partial charge < -0.3 is 15.7 Å². The Morgan fingerprint density at radius 3 is 2.63 bits per heavy atom. The summed E-state index contributed by atoms with van der Waals surface area (Å²) in [6.07, 6.45) is -4.44. The minimum atomic E-state index is -4.76. The number of halogens is 3. The van der Waals surface area contributed by atoms with Crippen LogP contribution < -0.4 is 5.73 Å². The van der Waals surface area contributed by atoms with Crippen LogP contribution in [0.2, 0.25) is 0 Å². The van der Waals surface area contributed by atoms with E-state index in [0.29, 0.717) is 18.5 Å². The number of nitrogens with zero attached hydrogens (tertiary/aromatic N) is 2. The Labute approximate surface area is 106 Å².